The maximum atomic E-state index is 4.16. The van der Waals surface area contributed by atoms with Gasteiger partial charge in [0.1, 0.15) is 0 Å². The summed E-state index contributed by atoms with van der Waals surface area (Å²) in [4.78, 5) is 0. The first-order chi connectivity index (χ1) is 12.5. The molecular weight excluding hydrogens is 312 g/mol. The van der Waals surface area contributed by atoms with E-state index in [1.807, 2.05) is 6.08 Å². The Morgan fingerprint density at radius 1 is 0.923 bits per heavy atom. The molecule has 134 valence electrons. The van der Waals surface area contributed by atoms with Gasteiger partial charge in [-0.15, -0.1) is 0 Å². The van der Waals surface area contributed by atoms with Gasteiger partial charge in [0.05, 0.1) is 0 Å². The van der Waals surface area contributed by atoms with Crippen LogP contribution in [0.1, 0.15) is 68.6 Å². The van der Waals surface area contributed by atoms with Gasteiger partial charge in [0, 0.05) is 0 Å². The van der Waals surface area contributed by atoms with Crippen molar-refractivity contribution in [1.82, 2.24) is 0 Å². The van der Waals surface area contributed by atoms with Crippen molar-refractivity contribution in [1.29, 1.82) is 0 Å². The molecule has 0 saturated heterocycles. The Morgan fingerprint density at radius 2 is 1.65 bits per heavy atom. The molecule has 0 aromatic heterocycles. The monoisotopic (exact) mass is 342 g/mol. The first-order valence-electron chi connectivity index (χ1n) is 10.9. The Hall–Kier alpha value is -1.30. The largest absolute Gasteiger partial charge is 0.0985 e. The second-order valence-electron chi connectivity index (χ2n) is 11.6. The van der Waals surface area contributed by atoms with Crippen molar-refractivity contribution >= 4 is 12.2 Å². The first-order valence-corrected chi connectivity index (χ1v) is 10.9. The van der Waals surface area contributed by atoms with Crippen molar-refractivity contribution in [2.24, 2.45) is 39.9 Å². The van der Waals surface area contributed by atoms with E-state index in [0.717, 1.165) is 34.5 Å². The summed E-state index contributed by atoms with van der Waals surface area (Å²) in [6.07, 6.45) is 14.9. The van der Waals surface area contributed by atoms with Gasteiger partial charge in [-0.05, 0) is 107 Å². The second-order valence-corrected chi connectivity index (χ2v) is 11.6. The average molecular weight is 343 g/mol. The molecule has 8 bridgehead atoms. The molecule has 1 aromatic rings. The van der Waals surface area contributed by atoms with E-state index in [1.165, 1.54) is 30.4 Å². The molecule has 10 rings (SSSR count). The topological polar surface area (TPSA) is 0 Å². The van der Waals surface area contributed by atoms with Gasteiger partial charge in [-0.3, -0.25) is 0 Å². The molecule has 0 radical (unpaired) electrons. The van der Waals surface area contributed by atoms with Crippen LogP contribution in [0.2, 0.25) is 0 Å². The lowest BCUT2D eigenvalue weighted by molar-refractivity contribution is -0.409. The number of benzene rings is 1. The predicted molar refractivity (Wildman–Crippen MR) is 108 cm³/mol. The van der Waals surface area contributed by atoms with E-state index in [4.69, 9.17) is 0 Å². The molecule has 0 aliphatic heterocycles. The predicted octanol–water partition coefficient (Wildman–Crippen LogP) is 6.47. The highest BCUT2D eigenvalue weighted by Crippen LogP contribution is 2.93. The smallest absolute Gasteiger partial charge is 0.00319 e. The molecule has 9 saturated carbocycles. The van der Waals surface area contributed by atoms with Crippen molar-refractivity contribution in [2.75, 3.05) is 0 Å². The standard InChI is InChI=1S/C26H30/c1-4-16-6-7-17(5-2)19(8-16)24-10-20-18-9-23(3)13-25(20)15-26(14-23,21(18)11-24)22(25)12-24/h4-8,18,20-22H,1-2,9-15H2,3H3. The summed E-state index contributed by atoms with van der Waals surface area (Å²) in [6.45, 7) is 10.8. The lowest BCUT2D eigenvalue weighted by Gasteiger charge is -2.90. The molecule has 0 heterocycles. The Labute approximate surface area is 157 Å². The molecule has 26 heavy (non-hydrogen) atoms. The molecule has 0 amide bonds. The lowest BCUT2D eigenvalue weighted by atomic mass is 9.14. The minimum atomic E-state index is 0.442. The Kier molecular flexibility index (Phi) is 2.23. The fourth-order valence-corrected chi connectivity index (χ4v) is 10.8. The van der Waals surface area contributed by atoms with Crippen LogP contribution in [0.3, 0.4) is 0 Å². The van der Waals surface area contributed by atoms with Crippen LogP contribution in [-0.2, 0) is 5.41 Å². The first kappa shape index (κ1) is 14.7. The summed E-state index contributed by atoms with van der Waals surface area (Å²) < 4.78 is 0. The van der Waals surface area contributed by atoms with Crippen LogP contribution in [0, 0.1) is 39.9 Å². The van der Waals surface area contributed by atoms with E-state index in [-0.39, 0.29) is 0 Å². The Bertz CT molecular complexity index is 839. The maximum absolute atomic E-state index is 4.16. The van der Waals surface area contributed by atoms with Crippen molar-refractivity contribution < 1.29 is 0 Å². The van der Waals surface area contributed by atoms with E-state index < -0.39 is 0 Å². The number of hydrogen-bond acceptors (Lipinski definition) is 0. The molecule has 9 aliphatic rings. The highest BCUT2D eigenvalue weighted by molar-refractivity contribution is 5.61. The molecule has 0 N–H and O–H groups in total. The van der Waals surface area contributed by atoms with E-state index in [9.17, 15) is 0 Å². The fraction of sp³-hybridized carbons (Fsp3) is 0.615. The maximum Gasteiger partial charge on any atom is -0.00319 e. The molecule has 4 unspecified atom stereocenters. The molecule has 9 aliphatic carbocycles. The van der Waals surface area contributed by atoms with Crippen molar-refractivity contribution in [3.05, 3.63) is 48.0 Å². The zero-order chi connectivity index (χ0) is 17.5. The molecule has 0 nitrogen and oxygen atoms in total. The van der Waals surface area contributed by atoms with Crippen LogP contribution in [0.15, 0.2) is 31.4 Å². The van der Waals surface area contributed by atoms with Crippen LogP contribution in [-0.4, -0.2) is 0 Å². The van der Waals surface area contributed by atoms with Gasteiger partial charge in [0.2, 0.25) is 0 Å². The van der Waals surface area contributed by atoms with E-state index >= 15 is 0 Å². The van der Waals surface area contributed by atoms with Gasteiger partial charge in [-0.1, -0.05) is 50.4 Å². The molecule has 9 fully saturated rings. The van der Waals surface area contributed by atoms with Crippen molar-refractivity contribution in [2.45, 2.75) is 57.3 Å². The molecule has 1 aromatic carbocycles. The van der Waals surface area contributed by atoms with E-state index in [1.54, 1.807) is 31.2 Å². The third kappa shape index (κ3) is 1.27. The van der Waals surface area contributed by atoms with Crippen LogP contribution in [0.4, 0.5) is 0 Å². The third-order valence-electron chi connectivity index (χ3n) is 10.7. The van der Waals surface area contributed by atoms with Crippen LogP contribution < -0.4 is 0 Å². The van der Waals surface area contributed by atoms with Gasteiger partial charge in [0.25, 0.3) is 0 Å². The third-order valence-corrected chi connectivity index (χ3v) is 10.7. The van der Waals surface area contributed by atoms with Gasteiger partial charge in [-0.2, -0.15) is 0 Å². The Morgan fingerprint density at radius 3 is 2.31 bits per heavy atom. The zero-order valence-corrected chi connectivity index (χ0v) is 16.1. The van der Waals surface area contributed by atoms with Gasteiger partial charge in [0.15, 0.2) is 0 Å². The SMILES string of the molecule is C=Cc1ccc(C=C)c(C23CC4C5CC6(C)CC47CC(C6)(C5C2)C7C3)c1. The van der Waals surface area contributed by atoms with E-state index in [2.05, 4.69) is 44.4 Å². The van der Waals surface area contributed by atoms with Gasteiger partial charge in [-0.25, -0.2) is 0 Å². The quantitative estimate of drug-likeness (QED) is 0.591. The lowest BCUT2D eigenvalue weighted by Crippen LogP contribution is -2.84. The van der Waals surface area contributed by atoms with Gasteiger partial charge >= 0.3 is 0 Å². The molecule has 4 atom stereocenters. The van der Waals surface area contributed by atoms with Crippen molar-refractivity contribution in [3.8, 4) is 0 Å². The van der Waals surface area contributed by atoms with E-state index in [0.29, 0.717) is 10.8 Å². The normalized spacial score (nSPS) is 56.5. The number of rotatable bonds is 3. The molecular formula is C26H30. The molecule has 2 spiro atoms. The van der Waals surface area contributed by atoms with Crippen LogP contribution >= 0.6 is 0 Å². The minimum Gasteiger partial charge on any atom is -0.0985 e. The highest BCUT2D eigenvalue weighted by atomic mass is 14.9. The summed E-state index contributed by atoms with van der Waals surface area (Å²) in [5.41, 5.74) is 6.98. The zero-order valence-electron chi connectivity index (χ0n) is 16.1. The van der Waals surface area contributed by atoms with Crippen LogP contribution in [0.25, 0.3) is 12.2 Å². The summed E-state index contributed by atoms with van der Waals surface area (Å²) in [5.74, 6) is 4.17. The summed E-state index contributed by atoms with van der Waals surface area (Å²) in [5, 5.41) is 0. The minimum absolute atomic E-state index is 0.442. The fourth-order valence-electron chi connectivity index (χ4n) is 10.8. The van der Waals surface area contributed by atoms with Crippen molar-refractivity contribution in [3.63, 3.8) is 0 Å². The average Bonchev–Trinajstić information content (AvgIpc) is 2.63. The Balaban J connectivity index is 1.41. The second kappa shape index (κ2) is 3.94. The highest BCUT2D eigenvalue weighted by Gasteiger charge is 2.86. The summed E-state index contributed by atoms with van der Waals surface area (Å²) >= 11 is 0. The number of hydrogen-bond donors (Lipinski definition) is 0. The molecule has 0 heteroatoms. The summed E-state index contributed by atoms with van der Waals surface area (Å²) in [6, 6.07) is 6.99. The summed E-state index contributed by atoms with van der Waals surface area (Å²) in [7, 11) is 0. The van der Waals surface area contributed by atoms with Crippen LogP contribution in [0.5, 0.6) is 0 Å². The van der Waals surface area contributed by atoms with Gasteiger partial charge < -0.3 is 0 Å².